The van der Waals surface area contributed by atoms with Crippen molar-refractivity contribution in [2.24, 2.45) is 7.05 Å². The summed E-state index contributed by atoms with van der Waals surface area (Å²) in [5.74, 6) is 0.434. The molecule has 0 fully saturated rings. The van der Waals surface area contributed by atoms with Gasteiger partial charge in [0.2, 0.25) is 5.69 Å². The Labute approximate surface area is 153 Å². The average Bonchev–Trinajstić information content (AvgIpc) is 2.98. The molecular formula is C23H21N2O+. The van der Waals surface area contributed by atoms with Crippen LogP contribution in [0.4, 0.5) is 0 Å². The second-order valence-electron chi connectivity index (χ2n) is 7.14. The van der Waals surface area contributed by atoms with E-state index < -0.39 is 0 Å². The zero-order valence-electron chi connectivity index (χ0n) is 15.5. The van der Waals surface area contributed by atoms with E-state index in [2.05, 4.69) is 51.1 Å². The smallest absolute Gasteiger partial charge is 0.214 e. The molecule has 128 valence electrons. The van der Waals surface area contributed by atoms with E-state index >= 15 is 0 Å². The van der Waals surface area contributed by atoms with Gasteiger partial charge in [-0.15, -0.1) is 0 Å². The molecule has 0 unspecified atom stereocenters. The molecule has 0 N–H and O–H groups in total. The predicted octanol–water partition coefficient (Wildman–Crippen LogP) is 5.38. The maximum absolute atomic E-state index is 9.94. The Morgan fingerprint density at radius 1 is 1.08 bits per heavy atom. The Hall–Kier alpha value is -3.12. The minimum atomic E-state index is 0.434. The molecule has 4 rings (SSSR count). The van der Waals surface area contributed by atoms with Gasteiger partial charge in [0, 0.05) is 22.9 Å². The molecule has 4 aromatic rings. The zero-order valence-corrected chi connectivity index (χ0v) is 15.5. The Kier molecular flexibility index (Phi) is 3.77. The first-order chi connectivity index (χ1) is 12.5. The molecule has 26 heavy (non-hydrogen) atoms. The Morgan fingerprint density at radius 3 is 2.58 bits per heavy atom. The fourth-order valence-corrected chi connectivity index (χ4v) is 3.64. The van der Waals surface area contributed by atoms with E-state index in [0.29, 0.717) is 17.1 Å². The fraction of sp³-hybridized carbons (Fsp3) is 0.217. The van der Waals surface area contributed by atoms with Gasteiger partial charge in [0.15, 0.2) is 11.8 Å². The molecule has 0 spiro atoms. The minimum Gasteiger partial charge on any atom is -0.455 e. The van der Waals surface area contributed by atoms with Gasteiger partial charge >= 0.3 is 0 Å². The second kappa shape index (κ2) is 6.00. The van der Waals surface area contributed by atoms with Crippen molar-refractivity contribution >= 4 is 21.9 Å². The molecule has 0 aliphatic carbocycles. The van der Waals surface area contributed by atoms with Crippen molar-refractivity contribution in [3.8, 4) is 17.3 Å². The van der Waals surface area contributed by atoms with Crippen molar-refractivity contribution in [3.63, 3.8) is 0 Å². The normalized spacial score (nSPS) is 11.4. The first-order valence-corrected chi connectivity index (χ1v) is 8.86. The SMILES string of the molecule is Cc1cc2c(oc3cc(C(C)C)ccc32)c(C#N)c1-c1cccc[n+]1C. The Morgan fingerprint density at radius 2 is 1.88 bits per heavy atom. The van der Waals surface area contributed by atoms with E-state index in [9.17, 15) is 5.26 Å². The van der Waals surface area contributed by atoms with Crippen molar-refractivity contribution < 1.29 is 8.98 Å². The van der Waals surface area contributed by atoms with Crippen molar-refractivity contribution in [2.75, 3.05) is 0 Å². The summed E-state index contributed by atoms with van der Waals surface area (Å²) in [4.78, 5) is 0. The van der Waals surface area contributed by atoms with Crippen LogP contribution in [0.5, 0.6) is 0 Å². The third-order valence-corrected chi connectivity index (χ3v) is 5.07. The lowest BCUT2D eigenvalue weighted by atomic mass is 9.95. The summed E-state index contributed by atoms with van der Waals surface area (Å²) in [7, 11) is 1.99. The van der Waals surface area contributed by atoms with E-state index in [1.165, 1.54) is 5.56 Å². The maximum Gasteiger partial charge on any atom is 0.214 e. The maximum atomic E-state index is 9.94. The summed E-state index contributed by atoms with van der Waals surface area (Å²) < 4.78 is 8.23. The molecule has 0 aliphatic heterocycles. The second-order valence-corrected chi connectivity index (χ2v) is 7.14. The number of nitriles is 1. The quantitative estimate of drug-likeness (QED) is 0.459. The summed E-state index contributed by atoms with van der Waals surface area (Å²) in [6.45, 7) is 6.40. The number of furan rings is 1. The first kappa shape index (κ1) is 16.4. The van der Waals surface area contributed by atoms with Crippen LogP contribution < -0.4 is 4.57 Å². The van der Waals surface area contributed by atoms with Gasteiger partial charge in [0.25, 0.3) is 0 Å². The number of nitrogens with zero attached hydrogens (tertiary/aromatic N) is 2. The molecule has 3 nitrogen and oxygen atoms in total. The monoisotopic (exact) mass is 341 g/mol. The summed E-state index contributed by atoms with van der Waals surface area (Å²) in [6, 6.07) is 16.9. The number of aryl methyl sites for hydroxylation is 2. The van der Waals surface area contributed by atoms with Crippen LogP contribution in [-0.4, -0.2) is 0 Å². The molecular weight excluding hydrogens is 320 g/mol. The molecule has 0 bridgehead atoms. The summed E-state index contributed by atoms with van der Waals surface area (Å²) in [5.41, 5.74) is 6.37. The van der Waals surface area contributed by atoms with Crippen LogP contribution in [0.2, 0.25) is 0 Å². The number of hydrogen-bond donors (Lipinski definition) is 0. The average molecular weight is 341 g/mol. The largest absolute Gasteiger partial charge is 0.455 e. The van der Waals surface area contributed by atoms with E-state index in [1.807, 2.05) is 36.0 Å². The minimum absolute atomic E-state index is 0.434. The van der Waals surface area contributed by atoms with E-state index in [-0.39, 0.29) is 0 Å². The highest BCUT2D eigenvalue weighted by Crippen LogP contribution is 2.38. The lowest BCUT2D eigenvalue weighted by molar-refractivity contribution is -0.660. The van der Waals surface area contributed by atoms with Gasteiger partial charge in [-0.05, 0) is 42.2 Å². The van der Waals surface area contributed by atoms with Gasteiger partial charge in [0.05, 0.1) is 5.56 Å². The van der Waals surface area contributed by atoms with Crippen LogP contribution in [0.1, 0.15) is 36.5 Å². The van der Waals surface area contributed by atoms with Gasteiger partial charge in [-0.1, -0.05) is 26.0 Å². The van der Waals surface area contributed by atoms with Crippen molar-refractivity contribution in [2.45, 2.75) is 26.7 Å². The van der Waals surface area contributed by atoms with Gasteiger partial charge in [-0.2, -0.15) is 5.26 Å². The number of hydrogen-bond acceptors (Lipinski definition) is 2. The van der Waals surface area contributed by atoms with Crippen molar-refractivity contribution in [1.82, 2.24) is 0 Å². The van der Waals surface area contributed by atoms with Crippen LogP contribution in [0.25, 0.3) is 33.2 Å². The summed E-state index contributed by atoms with van der Waals surface area (Å²) >= 11 is 0. The zero-order chi connectivity index (χ0) is 18.4. The number of rotatable bonds is 2. The number of pyridine rings is 1. The molecule has 2 aromatic heterocycles. The molecule has 2 aromatic carbocycles. The van der Waals surface area contributed by atoms with Crippen LogP contribution in [0.3, 0.4) is 0 Å². The van der Waals surface area contributed by atoms with Crippen LogP contribution in [0, 0.1) is 18.3 Å². The van der Waals surface area contributed by atoms with Crippen molar-refractivity contribution in [1.29, 1.82) is 5.26 Å². The molecule has 2 heterocycles. The molecule has 0 saturated carbocycles. The van der Waals surface area contributed by atoms with Gasteiger partial charge in [0.1, 0.15) is 24.3 Å². The van der Waals surface area contributed by atoms with E-state index in [1.54, 1.807) is 0 Å². The standard InChI is InChI=1S/C23H21N2O/c1-14(2)16-8-9-17-18-11-15(3)22(20-7-5-6-10-25(20)4)19(13-24)23(18)26-21(17)12-16/h5-12,14H,1-4H3/q+1. The lowest BCUT2D eigenvalue weighted by Gasteiger charge is -2.07. The highest BCUT2D eigenvalue weighted by atomic mass is 16.3. The molecule has 0 atom stereocenters. The van der Waals surface area contributed by atoms with Crippen LogP contribution in [0.15, 0.2) is 53.1 Å². The summed E-state index contributed by atoms with van der Waals surface area (Å²) in [6.07, 6.45) is 1.99. The highest BCUT2D eigenvalue weighted by Gasteiger charge is 2.22. The topological polar surface area (TPSA) is 40.8 Å². The third kappa shape index (κ3) is 2.38. The van der Waals surface area contributed by atoms with E-state index in [0.717, 1.165) is 33.2 Å². The number of aromatic nitrogens is 1. The van der Waals surface area contributed by atoms with Gasteiger partial charge in [-0.3, -0.25) is 0 Å². The number of fused-ring (bicyclic) bond motifs is 3. The molecule has 0 aliphatic rings. The highest BCUT2D eigenvalue weighted by molar-refractivity contribution is 6.09. The Balaban J connectivity index is 2.10. The predicted molar refractivity (Wildman–Crippen MR) is 104 cm³/mol. The summed E-state index contributed by atoms with van der Waals surface area (Å²) in [5, 5.41) is 12.0. The third-order valence-electron chi connectivity index (χ3n) is 5.07. The molecule has 0 amide bonds. The molecule has 0 radical (unpaired) electrons. The van der Waals surface area contributed by atoms with E-state index in [4.69, 9.17) is 4.42 Å². The fourth-order valence-electron chi connectivity index (χ4n) is 3.64. The van der Waals surface area contributed by atoms with Crippen molar-refractivity contribution in [3.05, 3.63) is 65.4 Å². The van der Waals surface area contributed by atoms with Crippen LogP contribution in [-0.2, 0) is 7.05 Å². The van der Waals surface area contributed by atoms with Crippen LogP contribution >= 0.6 is 0 Å². The van der Waals surface area contributed by atoms with Gasteiger partial charge < -0.3 is 4.42 Å². The number of benzene rings is 2. The first-order valence-electron chi connectivity index (χ1n) is 8.86. The molecule has 0 saturated heterocycles. The van der Waals surface area contributed by atoms with Gasteiger partial charge in [-0.25, -0.2) is 4.57 Å². The lowest BCUT2D eigenvalue weighted by Crippen LogP contribution is -2.30. The molecule has 3 heteroatoms. The Bertz CT molecular complexity index is 1190.